The number of nitrogens with zero attached hydrogens (tertiary/aromatic N) is 1. The second-order valence-electron chi connectivity index (χ2n) is 9.76. The van der Waals surface area contributed by atoms with Crippen molar-refractivity contribution in [1.29, 1.82) is 0 Å². The number of carbonyl (C=O) groups is 2. The van der Waals surface area contributed by atoms with Gasteiger partial charge in [0.1, 0.15) is 5.75 Å². The van der Waals surface area contributed by atoms with E-state index in [4.69, 9.17) is 4.74 Å². The first-order chi connectivity index (χ1) is 15.8. The van der Waals surface area contributed by atoms with E-state index in [1.165, 1.54) is 5.56 Å². The number of ether oxygens (including phenoxy) is 1. The average Bonchev–Trinajstić information content (AvgIpc) is 2.80. The first-order valence-electron chi connectivity index (χ1n) is 12.2. The van der Waals surface area contributed by atoms with Gasteiger partial charge >= 0.3 is 0 Å². The minimum absolute atomic E-state index is 0.0859. The summed E-state index contributed by atoms with van der Waals surface area (Å²) in [4.78, 5) is 27.8. The summed E-state index contributed by atoms with van der Waals surface area (Å²) in [5.41, 5.74) is 3.40. The number of carbonyl (C=O) groups excluding carboxylic acids is 2. The lowest BCUT2D eigenvalue weighted by atomic mass is 9.87. The zero-order valence-corrected chi connectivity index (χ0v) is 20.6. The topological polar surface area (TPSA) is 58.6 Å². The van der Waals surface area contributed by atoms with E-state index in [-0.39, 0.29) is 17.9 Å². The second kappa shape index (κ2) is 11.4. The number of amides is 2. The Morgan fingerprint density at radius 3 is 2.42 bits per heavy atom. The van der Waals surface area contributed by atoms with Gasteiger partial charge in [-0.25, -0.2) is 0 Å². The quantitative estimate of drug-likeness (QED) is 0.576. The summed E-state index contributed by atoms with van der Waals surface area (Å²) in [7, 11) is 0. The molecule has 1 N–H and O–H groups in total. The SMILES string of the molecule is CC[C@H](Oc1ccc2c(c1)[C@H](c1ccccc1)N(C(=O)CC(C)C)CC2)C(=O)NCC(C)C. The third-order valence-corrected chi connectivity index (χ3v) is 5.99. The number of fused-ring (bicyclic) bond motifs is 1. The van der Waals surface area contributed by atoms with Crippen LogP contribution in [0.25, 0.3) is 0 Å². The van der Waals surface area contributed by atoms with E-state index in [1.54, 1.807) is 0 Å². The highest BCUT2D eigenvalue weighted by molar-refractivity contribution is 5.81. The second-order valence-corrected chi connectivity index (χ2v) is 9.76. The molecule has 0 aliphatic carbocycles. The maximum Gasteiger partial charge on any atom is 0.261 e. The number of nitrogens with one attached hydrogen (secondary N) is 1. The van der Waals surface area contributed by atoms with Crippen LogP contribution in [0, 0.1) is 11.8 Å². The molecule has 1 heterocycles. The predicted molar refractivity (Wildman–Crippen MR) is 132 cm³/mol. The summed E-state index contributed by atoms with van der Waals surface area (Å²) in [5, 5.41) is 2.97. The molecule has 5 nitrogen and oxygen atoms in total. The average molecular weight is 451 g/mol. The van der Waals surface area contributed by atoms with Crippen molar-refractivity contribution in [3.63, 3.8) is 0 Å². The lowest BCUT2D eigenvalue weighted by Crippen LogP contribution is -2.41. The van der Waals surface area contributed by atoms with E-state index in [1.807, 2.05) is 42.2 Å². The molecule has 3 rings (SSSR count). The van der Waals surface area contributed by atoms with Crippen molar-refractivity contribution in [2.75, 3.05) is 13.1 Å². The highest BCUT2D eigenvalue weighted by Crippen LogP contribution is 2.38. The van der Waals surface area contributed by atoms with Crippen molar-refractivity contribution >= 4 is 11.8 Å². The van der Waals surface area contributed by atoms with E-state index in [0.717, 1.165) is 17.5 Å². The molecule has 2 aromatic carbocycles. The Kier molecular flexibility index (Phi) is 8.54. The van der Waals surface area contributed by atoms with E-state index in [2.05, 4.69) is 51.2 Å². The molecule has 0 spiro atoms. The molecule has 2 atom stereocenters. The van der Waals surface area contributed by atoms with E-state index in [0.29, 0.717) is 43.5 Å². The van der Waals surface area contributed by atoms with Crippen LogP contribution in [0.1, 0.15) is 70.2 Å². The largest absolute Gasteiger partial charge is 0.481 e. The van der Waals surface area contributed by atoms with Crippen LogP contribution in [-0.2, 0) is 16.0 Å². The zero-order chi connectivity index (χ0) is 24.0. The Morgan fingerprint density at radius 1 is 1.06 bits per heavy atom. The standard InChI is InChI=1S/C28H38N2O3/c1-6-25(28(32)29-18-20(4)5)33-23-13-12-21-14-15-30(26(31)16-19(2)3)27(24(21)17-23)22-10-8-7-9-11-22/h7-13,17,19-20,25,27H,6,14-16,18H2,1-5H3,(H,29,32)/t25-,27-/m0/s1. The molecule has 0 fully saturated rings. The summed E-state index contributed by atoms with van der Waals surface area (Å²) in [5.74, 6) is 1.45. The van der Waals surface area contributed by atoms with Gasteiger partial charge in [0.25, 0.3) is 5.91 Å². The molecular formula is C28H38N2O3. The van der Waals surface area contributed by atoms with Crippen molar-refractivity contribution in [3.8, 4) is 5.75 Å². The molecular weight excluding hydrogens is 412 g/mol. The number of rotatable bonds is 9. The van der Waals surface area contributed by atoms with Crippen LogP contribution in [0.3, 0.4) is 0 Å². The minimum atomic E-state index is -0.542. The van der Waals surface area contributed by atoms with Crippen LogP contribution >= 0.6 is 0 Å². The third kappa shape index (κ3) is 6.37. The molecule has 0 saturated heterocycles. The molecule has 2 aromatic rings. The smallest absolute Gasteiger partial charge is 0.261 e. The molecule has 0 saturated carbocycles. The molecule has 2 amide bonds. The maximum atomic E-state index is 13.2. The maximum absolute atomic E-state index is 13.2. The van der Waals surface area contributed by atoms with Crippen LogP contribution in [0.2, 0.25) is 0 Å². The summed E-state index contributed by atoms with van der Waals surface area (Å²) >= 11 is 0. The summed E-state index contributed by atoms with van der Waals surface area (Å²) < 4.78 is 6.15. The highest BCUT2D eigenvalue weighted by Gasteiger charge is 2.32. The third-order valence-electron chi connectivity index (χ3n) is 5.99. The van der Waals surface area contributed by atoms with Gasteiger partial charge in [-0.05, 0) is 53.5 Å². The molecule has 0 aromatic heterocycles. The zero-order valence-electron chi connectivity index (χ0n) is 20.6. The molecule has 0 unspecified atom stereocenters. The fourth-order valence-corrected chi connectivity index (χ4v) is 4.30. The summed E-state index contributed by atoms with van der Waals surface area (Å²) in [6.07, 6.45) is 1.39. The molecule has 33 heavy (non-hydrogen) atoms. The fourth-order valence-electron chi connectivity index (χ4n) is 4.30. The molecule has 0 bridgehead atoms. The van der Waals surface area contributed by atoms with Crippen LogP contribution in [0.15, 0.2) is 48.5 Å². The molecule has 0 radical (unpaired) electrons. The number of hydrogen-bond acceptors (Lipinski definition) is 3. The van der Waals surface area contributed by atoms with Crippen molar-refractivity contribution in [1.82, 2.24) is 10.2 Å². The van der Waals surface area contributed by atoms with Crippen molar-refractivity contribution in [2.45, 2.75) is 66.0 Å². The normalized spacial score (nSPS) is 16.5. The Hall–Kier alpha value is -2.82. The van der Waals surface area contributed by atoms with Gasteiger partial charge in [-0.2, -0.15) is 0 Å². The van der Waals surface area contributed by atoms with Crippen LogP contribution < -0.4 is 10.1 Å². The van der Waals surface area contributed by atoms with Gasteiger partial charge in [0, 0.05) is 19.5 Å². The predicted octanol–water partition coefficient (Wildman–Crippen LogP) is 5.14. The van der Waals surface area contributed by atoms with Gasteiger partial charge in [-0.15, -0.1) is 0 Å². The van der Waals surface area contributed by atoms with E-state index in [9.17, 15) is 9.59 Å². The van der Waals surface area contributed by atoms with E-state index >= 15 is 0 Å². The molecule has 1 aliphatic heterocycles. The monoisotopic (exact) mass is 450 g/mol. The Labute approximate surface area is 198 Å². The van der Waals surface area contributed by atoms with Gasteiger partial charge in [0.05, 0.1) is 6.04 Å². The Morgan fingerprint density at radius 2 is 1.79 bits per heavy atom. The highest BCUT2D eigenvalue weighted by atomic mass is 16.5. The fraction of sp³-hybridized carbons (Fsp3) is 0.500. The molecule has 1 aliphatic rings. The van der Waals surface area contributed by atoms with Gasteiger partial charge in [0.2, 0.25) is 5.91 Å². The van der Waals surface area contributed by atoms with E-state index < -0.39 is 6.10 Å². The van der Waals surface area contributed by atoms with Crippen molar-refractivity contribution in [2.24, 2.45) is 11.8 Å². The molecule has 5 heteroatoms. The van der Waals surface area contributed by atoms with Crippen molar-refractivity contribution in [3.05, 3.63) is 65.2 Å². The minimum Gasteiger partial charge on any atom is -0.481 e. The van der Waals surface area contributed by atoms with Crippen LogP contribution in [-0.4, -0.2) is 35.9 Å². The van der Waals surface area contributed by atoms with Gasteiger partial charge in [-0.3, -0.25) is 9.59 Å². The van der Waals surface area contributed by atoms with Crippen molar-refractivity contribution < 1.29 is 14.3 Å². The van der Waals surface area contributed by atoms with Gasteiger partial charge in [0.15, 0.2) is 6.10 Å². The number of hydrogen-bond donors (Lipinski definition) is 1. The Bertz CT molecular complexity index is 939. The lowest BCUT2D eigenvalue weighted by Gasteiger charge is -2.38. The van der Waals surface area contributed by atoms with Gasteiger partial charge < -0.3 is 15.0 Å². The molecule has 178 valence electrons. The Balaban J connectivity index is 1.91. The first kappa shape index (κ1) is 24.8. The lowest BCUT2D eigenvalue weighted by molar-refractivity contribution is -0.134. The number of benzene rings is 2. The summed E-state index contributed by atoms with van der Waals surface area (Å²) in [6.45, 7) is 11.6. The summed E-state index contributed by atoms with van der Waals surface area (Å²) in [6, 6.07) is 16.1. The van der Waals surface area contributed by atoms with Crippen LogP contribution in [0.4, 0.5) is 0 Å². The first-order valence-corrected chi connectivity index (χ1v) is 12.2. The van der Waals surface area contributed by atoms with Crippen LogP contribution in [0.5, 0.6) is 5.75 Å². The van der Waals surface area contributed by atoms with Gasteiger partial charge in [-0.1, -0.05) is 71.0 Å².